The predicted octanol–water partition coefficient (Wildman–Crippen LogP) is 2.71. The lowest BCUT2D eigenvalue weighted by atomic mass is 9.85. The van der Waals surface area contributed by atoms with Gasteiger partial charge in [-0.3, -0.25) is 9.69 Å². The third kappa shape index (κ3) is 3.31. The van der Waals surface area contributed by atoms with Gasteiger partial charge in [-0.05, 0) is 43.8 Å². The van der Waals surface area contributed by atoms with Gasteiger partial charge in [-0.15, -0.1) is 0 Å². The van der Waals surface area contributed by atoms with Crippen LogP contribution in [0.25, 0.3) is 0 Å². The monoisotopic (exact) mass is 298 g/mol. The van der Waals surface area contributed by atoms with Crippen LogP contribution >= 0.6 is 0 Å². The number of piperidine rings is 3. The summed E-state index contributed by atoms with van der Waals surface area (Å²) >= 11 is 0. The van der Waals surface area contributed by atoms with Crippen molar-refractivity contribution in [2.45, 2.75) is 37.7 Å². The molecule has 0 aromatic heterocycles. The average Bonchev–Trinajstić information content (AvgIpc) is 2.57. The molecule has 0 aliphatic carbocycles. The molecule has 3 heterocycles. The topological polar surface area (TPSA) is 53.3 Å². The Hall–Kier alpha value is -1.86. The standard InChI is InChI=1S/C18H22N2O2/c19-10-4-7-16(14-5-2-1-3-6-14)18(21)22-17-13-20-11-8-15(17)9-12-20/h1-3,5-6,15-17H,4,7-9,11-13H2/t16?,17-/m0/s1. The molecule has 3 aliphatic rings. The second kappa shape index (κ2) is 6.93. The van der Waals surface area contributed by atoms with Crippen molar-refractivity contribution in [3.63, 3.8) is 0 Å². The molecular weight excluding hydrogens is 276 g/mol. The lowest BCUT2D eigenvalue weighted by molar-refractivity contribution is -0.160. The van der Waals surface area contributed by atoms with Crippen molar-refractivity contribution in [3.8, 4) is 6.07 Å². The number of nitriles is 1. The smallest absolute Gasteiger partial charge is 0.313 e. The van der Waals surface area contributed by atoms with Crippen LogP contribution in [-0.2, 0) is 9.53 Å². The Morgan fingerprint density at radius 1 is 1.32 bits per heavy atom. The van der Waals surface area contributed by atoms with Crippen molar-refractivity contribution in [2.75, 3.05) is 19.6 Å². The second-order valence-electron chi connectivity index (χ2n) is 6.27. The van der Waals surface area contributed by atoms with E-state index in [4.69, 9.17) is 10.00 Å². The molecule has 1 aromatic rings. The third-order valence-corrected chi connectivity index (χ3v) is 4.89. The number of esters is 1. The number of fused-ring (bicyclic) bond motifs is 3. The number of hydrogen-bond acceptors (Lipinski definition) is 4. The van der Waals surface area contributed by atoms with Crippen molar-refractivity contribution in [1.82, 2.24) is 4.90 Å². The van der Waals surface area contributed by atoms with E-state index in [0.29, 0.717) is 18.8 Å². The number of hydrogen-bond donors (Lipinski definition) is 0. The van der Waals surface area contributed by atoms with Crippen molar-refractivity contribution in [3.05, 3.63) is 35.9 Å². The summed E-state index contributed by atoms with van der Waals surface area (Å²) in [6.45, 7) is 3.14. The number of nitrogens with zero attached hydrogens (tertiary/aromatic N) is 2. The molecule has 4 rings (SSSR count). The van der Waals surface area contributed by atoms with Gasteiger partial charge in [0, 0.05) is 13.0 Å². The van der Waals surface area contributed by atoms with Gasteiger partial charge in [0.15, 0.2) is 0 Å². The van der Waals surface area contributed by atoms with Gasteiger partial charge in [-0.1, -0.05) is 30.3 Å². The number of carbonyl (C=O) groups is 1. The quantitative estimate of drug-likeness (QED) is 0.784. The SMILES string of the molecule is N#CCCC(C(=O)O[C@H]1CN2CCC1CC2)c1ccccc1. The summed E-state index contributed by atoms with van der Waals surface area (Å²) in [5.74, 6) is 0.0258. The molecule has 3 fully saturated rings. The molecular formula is C18H22N2O2. The van der Waals surface area contributed by atoms with Crippen LogP contribution in [0.5, 0.6) is 0 Å². The molecule has 0 N–H and O–H groups in total. The van der Waals surface area contributed by atoms with E-state index in [1.165, 1.54) is 0 Å². The van der Waals surface area contributed by atoms with Crippen molar-refractivity contribution in [2.24, 2.45) is 5.92 Å². The first kappa shape index (κ1) is 15.1. The Morgan fingerprint density at radius 2 is 2.05 bits per heavy atom. The molecule has 1 aromatic carbocycles. The van der Waals surface area contributed by atoms with E-state index in [1.807, 2.05) is 30.3 Å². The summed E-state index contributed by atoms with van der Waals surface area (Å²) in [6, 6.07) is 11.8. The van der Waals surface area contributed by atoms with Gasteiger partial charge in [-0.2, -0.15) is 5.26 Å². The van der Waals surface area contributed by atoms with E-state index < -0.39 is 0 Å². The van der Waals surface area contributed by atoms with E-state index in [1.54, 1.807) is 0 Å². The van der Waals surface area contributed by atoms with E-state index in [9.17, 15) is 4.79 Å². The number of benzene rings is 1. The van der Waals surface area contributed by atoms with E-state index in [2.05, 4.69) is 11.0 Å². The highest BCUT2D eigenvalue weighted by Gasteiger charge is 2.37. The molecule has 3 aliphatic heterocycles. The fourth-order valence-electron chi connectivity index (χ4n) is 3.59. The highest BCUT2D eigenvalue weighted by molar-refractivity contribution is 5.78. The van der Waals surface area contributed by atoms with Gasteiger partial charge in [0.25, 0.3) is 0 Å². The van der Waals surface area contributed by atoms with E-state index >= 15 is 0 Å². The fourth-order valence-corrected chi connectivity index (χ4v) is 3.59. The maximum Gasteiger partial charge on any atom is 0.313 e. The molecule has 3 saturated heterocycles. The molecule has 22 heavy (non-hydrogen) atoms. The summed E-state index contributed by atoms with van der Waals surface area (Å²) in [7, 11) is 0. The Bertz CT molecular complexity index is 544. The second-order valence-corrected chi connectivity index (χ2v) is 6.27. The van der Waals surface area contributed by atoms with Crippen molar-refractivity contribution < 1.29 is 9.53 Å². The zero-order valence-electron chi connectivity index (χ0n) is 12.8. The number of rotatable bonds is 5. The molecule has 2 atom stereocenters. The maximum absolute atomic E-state index is 12.6. The minimum atomic E-state index is -0.323. The summed E-state index contributed by atoms with van der Waals surface area (Å²) in [5.41, 5.74) is 0.948. The van der Waals surface area contributed by atoms with Crippen LogP contribution in [0.1, 0.15) is 37.2 Å². The minimum Gasteiger partial charge on any atom is -0.460 e. The Balaban J connectivity index is 1.68. The Labute approximate surface area is 131 Å². The fraction of sp³-hybridized carbons (Fsp3) is 0.556. The molecule has 0 saturated carbocycles. The molecule has 1 unspecified atom stereocenters. The highest BCUT2D eigenvalue weighted by atomic mass is 16.5. The molecule has 0 spiro atoms. The van der Waals surface area contributed by atoms with Crippen LogP contribution in [0.15, 0.2) is 30.3 Å². The zero-order valence-corrected chi connectivity index (χ0v) is 12.8. The molecule has 4 nitrogen and oxygen atoms in total. The lowest BCUT2D eigenvalue weighted by Crippen LogP contribution is -2.52. The van der Waals surface area contributed by atoms with Gasteiger partial charge in [0.1, 0.15) is 6.10 Å². The zero-order chi connectivity index (χ0) is 15.4. The lowest BCUT2D eigenvalue weighted by Gasteiger charge is -2.44. The van der Waals surface area contributed by atoms with Gasteiger partial charge in [-0.25, -0.2) is 0 Å². The van der Waals surface area contributed by atoms with E-state index in [0.717, 1.165) is 38.0 Å². The molecule has 2 bridgehead atoms. The average molecular weight is 298 g/mol. The molecule has 0 amide bonds. The van der Waals surface area contributed by atoms with Crippen LogP contribution in [0.3, 0.4) is 0 Å². The minimum absolute atomic E-state index is 0.0308. The largest absolute Gasteiger partial charge is 0.460 e. The first-order valence-corrected chi connectivity index (χ1v) is 8.12. The van der Waals surface area contributed by atoms with Crippen LogP contribution in [0.4, 0.5) is 0 Å². The summed E-state index contributed by atoms with van der Waals surface area (Å²) in [4.78, 5) is 15.0. The Kier molecular flexibility index (Phi) is 4.74. The summed E-state index contributed by atoms with van der Waals surface area (Å²) in [5, 5.41) is 8.84. The first-order valence-electron chi connectivity index (χ1n) is 8.12. The van der Waals surface area contributed by atoms with Gasteiger partial charge in [0.05, 0.1) is 12.0 Å². The summed E-state index contributed by atoms with van der Waals surface area (Å²) < 4.78 is 5.85. The van der Waals surface area contributed by atoms with Crippen molar-refractivity contribution >= 4 is 5.97 Å². The Morgan fingerprint density at radius 3 is 2.64 bits per heavy atom. The number of ether oxygens (including phenoxy) is 1. The maximum atomic E-state index is 12.6. The normalized spacial score (nSPS) is 27.9. The van der Waals surface area contributed by atoms with Crippen LogP contribution < -0.4 is 0 Å². The summed E-state index contributed by atoms with van der Waals surface area (Å²) in [6.07, 6.45) is 3.19. The predicted molar refractivity (Wildman–Crippen MR) is 83.1 cm³/mol. The van der Waals surface area contributed by atoms with E-state index in [-0.39, 0.29) is 18.0 Å². The highest BCUT2D eigenvalue weighted by Crippen LogP contribution is 2.31. The molecule has 0 radical (unpaired) electrons. The first-order chi connectivity index (χ1) is 10.8. The molecule has 116 valence electrons. The van der Waals surface area contributed by atoms with Crippen LogP contribution in [0.2, 0.25) is 0 Å². The third-order valence-electron chi connectivity index (χ3n) is 4.89. The van der Waals surface area contributed by atoms with Gasteiger partial charge < -0.3 is 4.74 Å². The van der Waals surface area contributed by atoms with Crippen LogP contribution in [0, 0.1) is 17.2 Å². The van der Waals surface area contributed by atoms with Gasteiger partial charge in [0.2, 0.25) is 0 Å². The number of carbonyl (C=O) groups excluding carboxylic acids is 1. The van der Waals surface area contributed by atoms with Crippen LogP contribution in [-0.4, -0.2) is 36.6 Å². The van der Waals surface area contributed by atoms with Gasteiger partial charge >= 0.3 is 5.97 Å². The molecule has 4 heteroatoms. The van der Waals surface area contributed by atoms with Crippen molar-refractivity contribution in [1.29, 1.82) is 5.26 Å².